The number of anilines is 1. The minimum Gasteiger partial charge on any atom is -0.325 e. The Balaban J connectivity index is 1.81. The topological polar surface area (TPSA) is 44.4 Å². The maximum absolute atomic E-state index is 12.0. The van der Waals surface area contributed by atoms with Crippen LogP contribution in [0.1, 0.15) is 26.2 Å². The fourth-order valence-corrected chi connectivity index (χ4v) is 2.13. The molecule has 98 valence electrons. The monoisotopic (exact) mass is 247 g/mol. The third-order valence-electron chi connectivity index (χ3n) is 3.17. The Hall–Kier alpha value is -1.39. The summed E-state index contributed by atoms with van der Waals surface area (Å²) in [7, 11) is 0. The Morgan fingerprint density at radius 1 is 1.17 bits per heavy atom. The molecule has 18 heavy (non-hydrogen) atoms. The van der Waals surface area contributed by atoms with Gasteiger partial charge in [-0.05, 0) is 31.9 Å². The van der Waals surface area contributed by atoms with Crippen LogP contribution in [0.25, 0.3) is 0 Å². The fourth-order valence-electron chi connectivity index (χ4n) is 2.13. The van der Waals surface area contributed by atoms with Crippen molar-refractivity contribution >= 4 is 11.6 Å². The molecule has 0 spiro atoms. The summed E-state index contributed by atoms with van der Waals surface area (Å²) in [5.41, 5.74) is 4.10. The van der Waals surface area contributed by atoms with E-state index >= 15 is 0 Å². The molecule has 2 N–H and O–H groups in total. The number of piperidine rings is 1. The minimum atomic E-state index is -0.205. The summed E-state index contributed by atoms with van der Waals surface area (Å²) in [6.07, 6.45) is 3.71. The van der Waals surface area contributed by atoms with Gasteiger partial charge < -0.3 is 5.32 Å². The number of nitrogens with zero attached hydrogens (tertiary/aromatic N) is 1. The van der Waals surface area contributed by atoms with E-state index in [1.165, 1.54) is 19.3 Å². The number of para-hydroxylation sites is 1. The molecule has 1 aliphatic rings. The highest BCUT2D eigenvalue weighted by atomic mass is 16.2. The number of amides is 1. The summed E-state index contributed by atoms with van der Waals surface area (Å²) >= 11 is 0. The summed E-state index contributed by atoms with van der Waals surface area (Å²) in [6, 6.07) is 9.35. The zero-order valence-electron chi connectivity index (χ0n) is 10.9. The van der Waals surface area contributed by atoms with E-state index in [0.29, 0.717) is 0 Å². The number of hydrogen-bond donors (Lipinski definition) is 2. The van der Waals surface area contributed by atoms with E-state index in [2.05, 4.69) is 15.8 Å². The van der Waals surface area contributed by atoms with Crippen molar-refractivity contribution in [1.82, 2.24) is 10.4 Å². The van der Waals surface area contributed by atoms with Crippen LogP contribution in [-0.4, -0.2) is 30.0 Å². The smallest absolute Gasteiger partial charge is 0.242 e. The van der Waals surface area contributed by atoms with E-state index in [0.717, 1.165) is 18.8 Å². The first kappa shape index (κ1) is 13.1. The second kappa shape index (κ2) is 6.52. The summed E-state index contributed by atoms with van der Waals surface area (Å²) in [6.45, 7) is 3.96. The van der Waals surface area contributed by atoms with E-state index in [4.69, 9.17) is 0 Å². The minimum absolute atomic E-state index is 0.00627. The summed E-state index contributed by atoms with van der Waals surface area (Å²) in [5, 5.41) is 5.05. The fraction of sp³-hybridized carbons (Fsp3) is 0.500. The van der Waals surface area contributed by atoms with Crippen LogP contribution in [0, 0.1) is 0 Å². The summed E-state index contributed by atoms with van der Waals surface area (Å²) in [5.74, 6) is 0.00627. The van der Waals surface area contributed by atoms with E-state index in [1.807, 2.05) is 37.3 Å². The van der Waals surface area contributed by atoms with Crippen molar-refractivity contribution in [2.24, 2.45) is 0 Å². The molecule has 4 nitrogen and oxygen atoms in total. The second-order valence-electron chi connectivity index (χ2n) is 4.75. The van der Waals surface area contributed by atoms with Crippen LogP contribution in [0.2, 0.25) is 0 Å². The molecule has 1 saturated heterocycles. The van der Waals surface area contributed by atoms with Crippen LogP contribution in [-0.2, 0) is 4.79 Å². The molecule has 0 radical (unpaired) electrons. The zero-order valence-corrected chi connectivity index (χ0v) is 10.9. The van der Waals surface area contributed by atoms with E-state index in [9.17, 15) is 4.79 Å². The molecule has 1 aliphatic heterocycles. The third-order valence-corrected chi connectivity index (χ3v) is 3.17. The first-order valence-electron chi connectivity index (χ1n) is 6.63. The number of rotatable bonds is 4. The van der Waals surface area contributed by atoms with Crippen molar-refractivity contribution in [2.75, 3.05) is 18.4 Å². The molecule has 0 bridgehead atoms. The largest absolute Gasteiger partial charge is 0.325 e. The normalized spacial score (nSPS) is 18.3. The van der Waals surface area contributed by atoms with Crippen molar-refractivity contribution in [3.05, 3.63) is 30.3 Å². The standard InChI is InChI=1S/C14H21N3O/c1-12(16-17-10-6-3-7-11-17)14(18)15-13-8-4-2-5-9-13/h2,4-5,8-9,12,16H,3,6-7,10-11H2,1H3,(H,15,18). The zero-order chi connectivity index (χ0) is 12.8. The molecule has 0 saturated carbocycles. The molecule has 1 unspecified atom stereocenters. The van der Waals surface area contributed by atoms with Gasteiger partial charge in [0, 0.05) is 18.8 Å². The van der Waals surface area contributed by atoms with E-state index in [-0.39, 0.29) is 11.9 Å². The molecule has 1 aromatic rings. The summed E-state index contributed by atoms with van der Waals surface area (Å²) in [4.78, 5) is 12.0. The third kappa shape index (κ3) is 3.82. The van der Waals surface area contributed by atoms with E-state index in [1.54, 1.807) is 0 Å². The molecule has 4 heteroatoms. The quantitative estimate of drug-likeness (QED) is 0.855. The lowest BCUT2D eigenvalue weighted by molar-refractivity contribution is -0.119. The van der Waals surface area contributed by atoms with Gasteiger partial charge in [0.05, 0.1) is 6.04 Å². The van der Waals surface area contributed by atoms with Crippen molar-refractivity contribution in [3.63, 3.8) is 0 Å². The van der Waals surface area contributed by atoms with Gasteiger partial charge in [-0.15, -0.1) is 0 Å². The average Bonchev–Trinajstić information content (AvgIpc) is 2.41. The van der Waals surface area contributed by atoms with Crippen molar-refractivity contribution < 1.29 is 4.79 Å². The molecule has 1 atom stereocenters. The summed E-state index contributed by atoms with van der Waals surface area (Å²) < 4.78 is 0. The van der Waals surface area contributed by atoms with Crippen LogP contribution in [0.3, 0.4) is 0 Å². The predicted molar refractivity (Wildman–Crippen MR) is 73.1 cm³/mol. The molecule has 1 heterocycles. The Bertz CT molecular complexity index is 374. The highest BCUT2D eigenvalue weighted by molar-refractivity contribution is 5.94. The molecule has 1 amide bonds. The van der Waals surface area contributed by atoms with Gasteiger partial charge in [-0.3, -0.25) is 4.79 Å². The van der Waals surface area contributed by atoms with Gasteiger partial charge in [0.25, 0.3) is 0 Å². The SMILES string of the molecule is CC(NN1CCCCC1)C(=O)Nc1ccccc1. The van der Waals surface area contributed by atoms with Gasteiger partial charge in [0.1, 0.15) is 0 Å². The molecule has 0 aliphatic carbocycles. The molecular weight excluding hydrogens is 226 g/mol. The Morgan fingerprint density at radius 3 is 2.50 bits per heavy atom. The van der Waals surface area contributed by atoms with Crippen LogP contribution >= 0.6 is 0 Å². The van der Waals surface area contributed by atoms with E-state index < -0.39 is 0 Å². The number of hydrazine groups is 1. The Labute approximate surface area is 108 Å². The number of carbonyl (C=O) groups excluding carboxylic acids is 1. The van der Waals surface area contributed by atoms with Crippen LogP contribution in [0.5, 0.6) is 0 Å². The second-order valence-corrected chi connectivity index (χ2v) is 4.75. The molecule has 0 aromatic heterocycles. The maximum Gasteiger partial charge on any atom is 0.242 e. The molecule has 2 rings (SSSR count). The Kier molecular flexibility index (Phi) is 4.73. The van der Waals surface area contributed by atoms with Gasteiger partial charge in [-0.25, -0.2) is 10.4 Å². The van der Waals surface area contributed by atoms with Crippen LogP contribution in [0.4, 0.5) is 5.69 Å². The molecule has 1 aromatic carbocycles. The number of nitrogens with one attached hydrogen (secondary N) is 2. The average molecular weight is 247 g/mol. The Morgan fingerprint density at radius 2 is 1.83 bits per heavy atom. The number of benzene rings is 1. The van der Waals surface area contributed by atoms with Gasteiger partial charge >= 0.3 is 0 Å². The van der Waals surface area contributed by atoms with Gasteiger partial charge in [0.15, 0.2) is 0 Å². The van der Waals surface area contributed by atoms with Gasteiger partial charge in [-0.2, -0.15) is 0 Å². The predicted octanol–water partition coefficient (Wildman–Crippen LogP) is 2.00. The lowest BCUT2D eigenvalue weighted by Gasteiger charge is -2.29. The lowest BCUT2D eigenvalue weighted by Crippen LogP contribution is -2.50. The van der Waals surface area contributed by atoms with Crippen LogP contribution < -0.4 is 10.7 Å². The first-order valence-corrected chi connectivity index (χ1v) is 6.63. The van der Waals surface area contributed by atoms with Crippen molar-refractivity contribution in [3.8, 4) is 0 Å². The number of hydrogen-bond acceptors (Lipinski definition) is 3. The van der Waals surface area contributed by atoms with Crippen molar-refractivity contribution in [2.45, 2.75) is 32.2 Å². The van der Waals surface area contributed by atoms with Crippen molar-refractivity contribution in [1.29, 1.82) is 0 Å². The van der Waals surface area contributed by atoms with Gasteiger partial charge in [0.2, 0.25) is 5.91 Å². The van der Waals surface area contributed by atoms with Crippen LogP contribution in [0.15, 0.2) is 30.3 Å². The molecular formula is C14H21N3O. The lowest BCUT2D eigenvalue weighted by atomic mass is 10.2. The highest BCUT2D eigenvalue weighted by Gasteiger charge is 2.17. The highest BCUT2D eigenvalue weighted by Crippen LogP contribution is 2.08. The maximum atomic E-state index is 12.0. The first-order chi connectivity index (χ1) is 8.75. The van der Waals surface area contributed by atoms with Gasteiger partial charge in [-0.1, -0.05) is 24.6 Å². The number of carbonyl (C=O) groups is 1. The molecule has 1 fully saturated rings.